The molecule has 1 aromatic heterocycles. The van der Waals surface area contributed by atoms with Crippen LogP contribution in [0.3, 0.4) is 0 Å². The molecule has 0 aliphatic heterocycles. The highest BCUT2D eigenvalue weighted by atomic mass is 35.5. The number of carbonyl (C=O) groups is 1. The van der Waals surface area contributed by atoms with E-state index in [1.165, 1.54) is 0 Å². The highest BCUT2D eigenvalue weighted by Gasteiger charge is 2.09. The average Bonchev–Trinajstić information content (AvgIpc) is 2.87. The van der Waals surface area contributed by atoms with Gasteiger partial charge >= 0.3 is 6.03 Å². The Morgan fingerprint density at radius 3 is 2.71 bits per heavy atom. The summed E-state index contributed by atoms with van der Waals surface area (Å²) in [6, 6.07) is 8.61. The van der Waals surface area contributed by atoms with E-state index in [9.17, 15) is 4.79 Å². The van der Waals surface area contributed by atoms with Crippen molar-refractivity contribution in [1.29, 1.82) is 0 Å². The molecule has 6 heteroatoms. The number of halogens is 1. The van der Waals surface area contributed by atoms with Crippen LogP contribution >= 0.6 is 11.6 Å². The number of rotatable bonds is 5. The summed E-state index contributed by atoms with van der Waals surface area (Å²) in [7, 11) is 0. The second-order valence-corrected chi connectivity index (χ2v) is 5.58. The molecule has 0 aliphatic carbocycles. The highest BCUT2D eigenvalue weighted by molar-refractivity contribution is 6.30. The third-order valence-corrected chi connectivity index (χ3v) is 3.15. The first-order valence-corrected chi connectivity index (χ1v) is 7.20. The molecule has 0 unspecified atom stereocenters. The second kappa shape index (κ2) is 7.13. The van der Waals surface area contributed by atoms with Gasteiger partial charge in [0.25, 0.3) is 0 Å². The van der Waals surface area contributed by atoms with Crippen molar-refractivity contribution in [1.82, 2.24) is 10.5 Å². The fourth-order valence-corrected chi connectivity index (χ4v) is 1.85. The molecule has 0 bridgehead atoms. The van der Waals surface area contributed by atoms with Gasteiger partial charge in [-0.15, -0.1) is 0 Å². The molecule has 112 valence electrons. The third kappa shape index (κ3) is 4.79. The number of amides is 2. The molecule has 2 N–H and O–H groups in total. The van der Waals surface area contributed by atoms with Crippen LogP contribution in [-0.4, -0.2) is 17.7 Å². The van der Waals surface area contributed by atoms with Gasteiger partial charge in [-0.3, -0.25) is 5.32 Å². The first-order valence-electron chi connectivity index (χ1n) is 6.82. The monoisotopic (exact) mass is 307 g/mol. The normalized spacial score (nSPS) is 10.7. The van der Waals surface area contributed by atoms with Crippen molar-refractivity contribution in [3.8, 4) is 11.3 Å². The van der Waals surface area contributed by atoms with Crippen LogP contribution in [0.2, 0.25) is 5.02 Å². The molecule has 2 aromatic rings. The van der Waals surface area contributed by atoms with E-state index >= 15 is 0 Å². The molecule has 5 nitrogen and oxygen atoms in total. The van der Waals surface area contributed by atoms with Crippen molar-refractivity contribution < 1.29 is 9.32 Å². The van der Waals surface area contributed by atoms with Gasteiger partial charge in [0.1, 0.15) is 5.69 Å². The number of nitrogens with one attached hydrogen (secondary N) is 2. The molecule has 0 aliphatic rings. The van der Waals surface area contributed by atoms with Gasteiger partial charge in [-0.25, -0.2) is 4.79 Å². The van der Waals surface area contributed by atoms with Gasteiger partial charge in [-0.2, -0.15) is 0 Å². The van der Waals surface area contributed by atoms with Crippen LogP contribution in [-0.2, 0) is 0 Å². The van der Waals surface area contributed by atoms with E-state index < -0.39 is 0 Å². The largest absolute Gasteiger partial charge is 0.338 e. The number of benzene rings is 1. The molecule has 21 heavy (non-hydrogen) atoms. The SMILES string of the molecule is CC(C)CCNC(=O)Nc1cc(-c2ccc(Cl)cc2)no1. The van der Waals surface area contributed by atoms with Gasteiger partial charge in [0, 0.05) is 23.2 Å². The van der Waals surface area contributed by atoms with Crippen LogP contribution in [0.15, 0.2) is 34.9 Å². The Balaban J connectivity index is 1.91. The van der Waals surface area contributed by atoms with Gasteiger partial charge in [-0.1, -0.05) is 42.7 Å². The Labute approximate surface area is 128 Å². The predicted molar refractivity (Wildman–Crippen MR) is 83.4 cm³/mol. The van der Waals surface area contributed by atoms with Crippen molar-refractivity contribution in [3.05, 3.63) is 35.4 Å². The minimum Gasteiger partial charge on any atom is -0.338 e. The number of carbonyl (C=O) groups excluding carboxylic acids is 1. The molecule has 1 heterocycles. The lowest BCUT2D eigenvalue weighted by Gasteiger charge is -2.06. The maximum Gasteiger partial charge on any atom is 0.321 e. The molecule has 1 aromatic carbocycles. The number of hydrogen-bond donors (Lipinski definition) is 2. The standard InChI is InChI=1S/C15H18ClN3O2/c1-10(2)7-8-17-15(20)18-14-9-13(19-21-14)11-3-5-12(16)6-4-11/h3-6,9-10H,7-8H2,1-2H3,(H2,17,18,20). The Hall–Kier alpha value is -2.01. The minimum absolute atomic E-state index is 0.297. The zero-order valence-electron chi connectivity index (χ0n) is 12.0. The van der Waals surface area contributed by atoms with Crippen molar-refractivity contribution in [2.75, 3.05) is 11.9 Å². The smallest absolute Gasteiger partial charge is 0.321 e. The zero-order valence-corrected chi connectivity index (χ0v) is 12.8. The van der Waals surface area contributed by atoms with Crippen molar-refractivity contribution in [2.24, 2.45) is 5.92 Å². The Morgan fingerprint density at radius 1 is 1.33 bits per heavy atom. The van der Waals surface area contributed by atoms with Crippen LogP contribution < -0.4 is 10.6 Å². The summed E-state index contributed by atoms with van der Waals surface area (Å²) in [4.78, 5) is 11.7. The maximum absolute atomic E-state index is 11.7. The van der Waals surface area contributed by atoms with E-state index in [-0.39, 0.29) is 6.03 Å². The first kappa shape index (κ1) is 15.4. The molecule has 0 fully saturated rings. The summed E-state index contributed by atoms with van der Waals surface area (Å²) in [5.74, 6) is 0.856. The lowest BCUT2D eigenvalue weighted by atomic mass is 10.1. The van der Waals surface area contributed by atoms with Crippen molar-refractivity contribution in [2.45, 2.75) is 20.3 Å². The minimum atomic E-state index is -0.297. The van der Waals surface area contributed by atoms with E-state index in [2.05, 4.69) is 29.6 Å². The molecule has 0 atom stereocenters. The van der Waals surface area contributed by atoms with Gasteiger partial charge < -0.3 is 9.84 Å². The fourth-order valence-electron chi connectivity index (χ4n) is 1.72. The summed E-state index contributed by atoms with van der Waals surface area (Å²) in [6.45, 7) is 4.84. The number of urea groups is 1. The summed E-state index contributed by atoms with van der Waals surface area (Å²) >= 11 is 5.83. The van der Waals surface area contributed by atoms with Gasteiger partial charge in [0.2, 0.25) is 5.88 Å². The molecular formula is C15H18ClN3O2. The van der Waals surface area contributed by atoms with Gasteiger partial charge in [0.15, 0.2) is 0 Å². The van der Waals surface area contributed by atoms with E-state index in [1.807, 2.05) is 12.1 Å². The Morgan fingerprint density at radius 2 is 2.05 bits per heavy atom. The lowest BCUT2D eigenvalue weighted by molar-refractivity contribution is 0.250. The van der Waals surface area contributed by atoms with Crippen LogP contribution in [0.5, 0.6) is 0 Å². The van der Waals surface area contributed by atoms with Crippen LogP contribution in [0.4, 0.5) is 10.7 Å². The molecule has 0 radical (unpaired) electrons. The quantitative estimate of drug-likeness (QED) is 0.871. The van der Waals surface area contributed by atoms with Crippen LogP contribution in [0, 0.1) is 5.92 Å². The predicted octanol–water partition coefficient (Wildman–Crippen LogP) is 4.16. The van der Waals surface area contributed by atoms with Gasteiger partial charge in [-0.05, 0) is 24.5 Å². The maximum atomic E-state index is 11.7. The van der Waals surface area contributed by atoms with Gasteiger partial charge in [0.05, 0.1) is 0 Å². The lowest BCUT2D eigenvalue weighted by Crippen LogP contribution is -2.29. The van der Waals surface area contributed by atoms with E-state index in [4.69, 9.17) is 16.1 Å². The number of anilines is 1. The van der Waals surface area contributed by atoms with E-state index in [0.29, 0.717) is 29.1 Å². The topological polar surface area (TPSA) is 67.2 Å². The number of nitrogens with zero attached hydrogens (tertiary/aromatic N) is 1. The third-order valence-electron chi connectivity index (χ3n) is 2.89. The van der Waals surface area contributed by atoms with Crippen molar-refractivity contribution in [3.63, 3.8) is 0 Å². The fraction of sp³-hybridized carbons (Fsp3) is 0.333. The summed E-state index contributed by atoms with van der Waals surface area (Å²) < 4.78 is 5.09. The van der Waals surface area contributed by atoms with Crippen LogP contribution in [0.25, 0.3) is 11.3 Å². The second-order valence-electron chi connectivity index (χ2n) is 5.15. The highest BCUT2D eigenvalue weighted by Crippen LogP contribution is 2.23. The summed E-state index contributed by atoms with van der Waals surface area (Å²) in [5, 5.41) is 9.95. The number of hydrogen-bond acceptors (Lipinski definition) is 3. The number of aromatic nitrogens is 1. The Bertz CT molecular complexity index is 593. The average molecular weight is 308 g/mol. The molecule has 0 saturated carbocycles. The zero-order chi connectivity index (χ0) is 15.2. The Kier molecular flexibility index (Phi) is 5.22. The van der Waals surface area contributed by atoms with E-state index in [0.717, 1.165) is 12.0 Å². The molecule has 2 amide bonds. The first-order chi connectivity index (χ1) is 10.0. The molecular weight excluding hydrogens is 290 g/mol. The summed E-state index contributed by atoms with van der Waals surface area (Å²) in [5.41, 5.74) is 1.51. The van der Waals surface area contributed by atoms with Crippen LogP contribution in [0.1, 0.15) is 20.3 Å². The van der Waals surface area contributed by atoms with E-state index in [1.54, 1.807) is 18.2 Å². The molecule has 0 saturated heterocycles. The molecule has 2 rings (SSSR count). The van der Waals surface area contributed by atoms with Crippen molar-refractivity contribution >= 4 is 23.5 Å². The molecule has 0 spiro atoms. The summed E-state index contributed by atoms with van der Waals surface area (Å²) in [6.07, 6.45) is 0.930.